The first kappa shape index (κ1) is 15.3. The molecule has 2 aromatic rings. The van der Waals surface area contributed by atoms with Crippen molar-refractivity contribution in [3.8, 4) is 5.75 Å². The molecular weight excluding hydrogens is 345 g/mol. The van der Waals surface area contributed by atoms with E-state index < -0.39 is 0 Å². The first-order valence-corrected chi connectivity index (χ1v) is 7.20. The molecule has 0 aliphatic heterocycles. The zero-order valence-electron chi connectivity index (χ0n) is 11.1. The van der Waals surface area contributed by atoms with Gasteiger partial charge in [-0.15, -0.1) is 0 Å². The average Bonchev–Trinajstić information content (AvgIpc) is 2.45. The van der Waals surface area contributed by atoms with Crippen LogP contribution in [0.3, 0.4) is 0 Å². The van der Waals surface area contributed by atoms with Crippen LogP contribution >= 0.6 is 27.5 Å². The Morgan fingerprint density at radius 2 is 2.00 bits per heavy atom. The SMILES string of the molecule is CNC(c1cc(Cl)ccc1Br)c1cccc(OC)c1F. The number of hydrogen-bond acceptors (Lipinski definition) is 2. The molecule has 5 heteroatoms. The molecule has 0 aliphatic rings. The number of nitrogens with one attached hydrogen (secondary N) is 1. The minimum Gasteiger partial charge on any atom is -0.494 e. The van der Waals surface area contributed by atoms with Gasteiger partial charge in [0.2, 0.25) is 0 Å². The first-order chi connectivity index (χ1) is 9.58. The highest BCUT2D eigenvalue weighted by Gasteiger charge is 2.21. The molecule has 0 heterocycles. The van der Waals surface area contributed by atoms with E-state index in [-0.39, 0.29) is 17.6 Å². The van der Waals surface area contributed by atoms with Crippen LogP contribution in [0, 0.1) is 5.82 Å². The van der Waals surface area contributed by atoms with Crippen molar-refractivity contribution >= 4 is 27.5 Å². The fraction of sp³-hybridized carbons (Fsp3) is 0.200. The Labute approximate surface area is 131 Å². The summed E-state index contributed by atoms with van der Waals surface area (Å²) in [6, 6.07) is 10.2. The minimum atomic E-state index is -0.374. The highest BCUT2D eigenvalue weighted by molar-refractivity contribution is 9.10. The molecular formula is C15H14BrClFNO. The summed E-state index contributed by atoms with van der Waals surface area (Å²) in [6.07, 6.45) is 0. The van der Waals surface area contributed by atoms with Gasteiger partial charge in [0.05, 0.1) is 13.2 Å². The second-order valence-electron chi connectivity index (χ2n) is 4.25. The molecule has 0 bridgehead atoms. The molecule has 0 saturated heterocycles. The summed E-state index contributed by atoms with van der Waals surface area (Å²) >= 11 is 9.51. The van der Waals surface area contributed by atoms with Crippen molar-refractivity contribution in [1.82, 2.24) is 5.32 Å². The molecule has 2 nitrogen and oxygen atoms in total. The Hall–Kier alpha value is -1.10. The van der Waals surface area contributed by atoms with Gasteiger partial charge in [0.25, 0.3) is 0 Å². The molecule has 0 amide bonds. The van der Waals surface area contributed by atoms with Crippen LogP contribution in [-0.4, -0.2) is 14.2 Å². The lowest BCUT2D eigenvalue weighted by Crippen LogP contribution is -2.19. The van der Waals surface area contributed by atoms with Crippen LogP contribution in [0.1, 0.15) is 17.2 Å². The lowest BCUT2D eigenvalue weighted by molar-refractivity contribution is 0.382. The Balaban J connectivity index is 2.55. The van der Waals surface area contributed by atoms with Crippen molar-refractivity contribution in [1.29, 1.82) is 0 Å². The van der Waals surface area contributed by atoms with Gasteiger partial charge < -0.3 is 10.1 Å². The maximum atomic E-state index is 14.4. The molecule has 106 valence electrons. The molecule has 0 radical (unpaired) electrons. The zero-order valence-corrected chi connectivity index (χ0v) is 13.4. The molecule has 0 spiro atoms. The van der Waals surface area contributed by atoms with E-state index in [0.717, 1.165) is 10.0 Å². The Bertz CT molecular complexity index is 621. The van der Waals surface area contributed by atoms with Crippen LogP contribution in [0.4, 0.5) is 4.39 Å². The molecule has 1 N–H and O–H groups in total. The molecule has 0 aromatic heterocycles. The van der Waals surface area contributed by atoms with Gasteiger partial charge in [-0.1, -0.05) is 39.7 Å². The minimum absolute atomic E-state index is 0.223. The van der Waals surface area contributed by atoms with E-state index in [0.29, 0.717) is 10.6 Å². The van der Waals surface area contributed by atoms with Gasteiger partial charge in [0, 0.05) is 15.1 Å². The number of halogens is 3. The van der Waals surface area contributed by atoms with Crippen LogP contribution in [-0.2, 0) is 0 Å². The van der Waals surface area contributed by atoms with Crippen molar-refractivity contribution in [2.24, 2.45) is 0 Å². The topological polar surface area (TPSA) is 21.3 Å². The molecule has 0 fully saturated rings. The fourth-order valence-corrected chi connectivity index (χ4v) is 2.78. The third-order valence-corrected chi connectivity index (χ3v) is 4.04. The summed E-state index contributed by atoms with van der Waals surface area (Å²) in [5, 5.41) is 3.71. The van der Waals surface area contributed by atoms with E-state index in [9.17, 15) is 4.39 Å². The van der Waals surface area contributed by atoms with Crippen molar-refractivity contribution < 1.29 is 9.13 Å². The van der Waals surface area contributed by atoms with E-state index in [1.54, 1.807) is 31.3 Å². The van der Waals surface area contributed by atoms with Gasteiger partial charge in [0.1, 0.15) is 0 Å². The van der Waals surface area contributed by atoms with Gasteiger partial charge in [-0.2, -0.15) is 0 Å². The van der Waals surface area contributed by atoms with Gasteiger partial charge in [-0.05, 0) is 36.9 Å². The van der Waals surface area contributed by atoms with Gasteiger partial charge in [-0.25, -0.2) is 4.39 Å². The summed E-state index contributed by atoms with van der Waals surface area (Å²) < 4.78 is 20.3. The molecule has 1 unspecified atom stereocenters. The summed E-state index contributed by atoms with van der Waals surface area (Å²) in [6.45, 7) is 0. The summed E-state index contributed by atoms with van der Waals surface area (Å²) in [5.41, 5.74) is 1.38. The van der Waals surface area contributed by atoms with E-state index in [2.05, 4.69) is 21.2 Å². The Morgan fingerprint density at radius 1 is 1.25 bits per heavy atom. The Morgan fingerprint density at radius 3 is 2.65 bits per heavy atom. The highest BCUT2D eigenvalue weighted by Crippen LogP contribution is 2.34. The molecule has 0 aliphatic carbocycles. The molecule has 2 rings (SSSR count). The number of ether oxygens (including phenoxy) is 1. The van der Waals surface area contributed by atoms with Gasteiger partial charge >= 0.3 is 0 Å². The van der Waals surface area contributed by atoms with E-state index in [1.165, 1.54) is 7.11 Å². The zero-order chi connectivity index (χ0) is 14.7. The normalized spacial score (nSPS) is 12.2. The average molecular weight is 359 g/mol. The van der Waals surface area contributed by atoms with Gasteiger partial charge in [-0.3, -0.25) is 0 Å². The largest absolute Gasteiger partial charge is 0.494 e. The van der Waals surface area contributed by atoms with Crippen molar-refractivity contribution in [2.75, 3.05) is 14.2 Å². The monoisotopic (exact) mass is 357 g/mol. The summed E-state index contributed by atoms with van der Waals surface area (Å²) in [7, 11) is 3.23. The molecule has 0 saturated carbocycles. The summed E-state index contributed by atoms with van der Waals surface area (Å²) in [4.78, 5) is 0. The molecule has 1 atom stereocenters. The number of rotatable bonds is 4. The Kier molecular flexibility index (Phi) is 5.02. The smallest absolute Gasteiger partial charge is 0.170 e. The highest BCUT2D eigenvalue weighted by atomic mass is 79.9. The van der Waals surface area contributed by atoms with Crippen LogP contribution < -0.4 is 10.1 Å². The third-order valence-electron chi connectivity index (χ3n) is 3.08. The lowest BCUT2D eigenvalue weighted by atomic mass is 9.98. The number of benzene rings is 2. The number of methoxy groups -OCH3 is 1. The van der Waals surface area contributed by atoms with E-state index in [1.807, 2.05) is 12.1 Å². The van der Waals surface area contributed by atoms with Crippen LogP contribution in [0.15, 0.2) is 40.9 Å². The first-order valence-electron chi connectivity index (χ1n) is 6.03. The van der Waals surface area contributed by atoms with E-state index >= 15 is 0 Å². The maximum absolute atomic E-state index is 14.4. The predicted octanol–water partition coefficient (Wildman–Crippen LogP) is 4.56. The molecule has 20 heavy (non-hydrogen) atoms. The maximum Gasteiger partial charge on any atom is 0.170 e. The predicted molar refractivity (Wildman–Crippen MR) is 83.0 cm³/mol. The fourth-order valence-electron chi connectivity index (χ4n) is 2.12. The van der Waals surface area contributed by atoms with Crippen molar-refractivity contribution in [3.05, 3.63) is 62.8 Å². The third kappa shape index (κ3) is 2.97. The molecule has 2 aromatic carbocycles. The standard InChI is InChI=1S/C15H14BrClFNO/c1-19-15(11-8-9(17)6-7-12(11)16)10-4-3-5-13(20-2)14(10)18/h3-8,15,19H,1-2H3. The van der Waals surface area contributed by atoms with Crippen molar-refractivity contribution in [3.63, 3.8) is 0 Å². The quantitative estimate of drug-likeness (QED) is 0.865. The van der Waals surface area contributed by atoms with Gasteiger partial charge in [0.15, 0.2) is 11.6 Å². The van der Waals surface area contributed by atoms with Crippen molar-refractivity contribution in [2.45, 2.75) is 6.04 Å². The van der Waals surface area contributed by atoms with E-state index in [4.69, 9.17) is 16.3 Å². The van der Waals surface area contributed by atoms with Crippen LogP contribution in [0.5, 0.6) is 5.75 Å². The van der Waals surface area contributed by atoms with Crippen LogP contribution in [0.25, 0.3) is 0 Å². The van der Waals surface area contributed by atoms with Crippen LogP contribution in [0.2, 0.25) is 5.02 Å². The lowest BCUT2D eigenvalue weighted by Gasteiger charge is -2.20. The second kappa shape index (κ2) is 6.57. The summed E-state index contributed by atoms with van der Waals surface area (Å²) in [5.74, 6) is -0.151. The number of hydrogen-bond donors (Lipinski definition) is 1. The second-order valence-corrected chi connectivity index (χ2v) is 5.54.